The summed E-state index contributed by atoms with van der Waals surface area (Å²) >= 11 is 0. The number of pyridine rings is 1. The first-order valence-corrected chi connectivity index (χ1v) is 9.57. The van der Waals surface area contributed by atoms with Crippen molar-refractivity contribution in [2.75, 3.05) is 43.2 Å². The van der Waals surface area contributed by atoms with E-state index in [0.717, 1.165) is 30.0 Å². The van der Waals surface area contributed by atoms with Crippen LogP contribution in [0.25, 0.3) is 5.57 Å². The van der Waals surface area contributed by atoms with Crippen LogP contribution in [0.2, 0.25) is 0 Å². The lowest BCUT2D eigenvalue weighted by molar-refractivity contribution is 0.122. The molecular weight excluding hydrogens is 314 g/mol. The molecule has 0 aromatic carbocycles. The Morgan fingerprint density at radius 1 is 1.35 bits per heavy atom. The molecule has 3 rings (SSSR count). The molecule has 0 bridgehead atoms. The summed E-state index contributed by atoms with van der Waals surface area (Å²) in [6, 6.07) is 1.77. The van der Waals surface area contributed by atoms with Gasteiger partial charge in [-0.15, -0.1) is 0 Å². The molecule has 1 saturated heterocycles. The standard InChI is InChI=1S/C16H21N3O3S/c1-23(20,21)13-4-2-12(3-5-13)15-14(17)6-7-18-16(15)19-8-10-22-11-9-19/h2-4,6-7,13H,5,8-11H2,1H3,(H2,17,18)/t13-/m1/s1. The summed E-state index contributed by atoms with van der Waals surface area (Å²) in [6.07, 6.45) is 8.94. The summed E-state index contributed by atoms with van der Waals surface area (Å²) in [5.74, 6) is 0.835. The molecule has 0 amide bonds. The highest BCUT2D eigenvalue weighted by atomic mass is 32.2. The van der Waals surface area contributed by atoms with Gasteiger partial charge in [-0.05, 0) is 18.1 Å². The van der Waals surface area contributed by atoms with Crippen molar-refractivity contribution in [3.05, 3.63) is 36.1 Å². The Balaban J connectivity index is 1.94. The summed E-state index contributed by atoms with van der Waals surface area (Å²) in [5, 5.41) is -0.462. The molecule has 2 aliphatic rings. The van der Waals surface area contributed by atoms with Crippen LogP contribution in [0.1, 0.15) is 12.0 Å². The van der Waals surface area contributed by atoms with E-state index in [1.807, 2.05) is 12.2 Å². The van der Waals surface area contributed by atoms with E-state index in [1.54, 1.807) is 18.3 Å². The summed E-state index contributed by atoms with van der Waals surface area (Å²) < 4.78 is 28.7. The van der Waals surface area contributed by atoms with Gasteiger partial charge in [0.2, 0.25) is 0 Å². The van der Waals surface area contributed by atoms with Gasteiger partial charge in [0.05, 0.1) is 18.5 Å². The van der Waals surface area contributed by atoms with Crippen LogP contribution in [-0.4, -0.2) is 51.2 Å². The van der Waals surface area contributed by atoms with Crippen molar-refractivity contribution in [3.8, 4) is 0 Å². The van der Waals surface area contributed by atoms with Gasteiger partial charge in [0.1, 0.15) is 5.82 Å². The van der Waals surface area contributed by atoms with Gasteiger partial charge in [-0.1, -0.05) is 18.2 Å². The van der Waals surface area contributed by atoms with Gasteiger partial charge in [0, 0.05) is 36.8 Å². The van der Waals surface area contributed by atoms with Crippen LogP contribution in [-0.2, 0) is 14.6 Å². The zero-order chi connectivity index (χ0) is 16.4. The number of nitrogens with zero attached hydrogens (tertiary/aromatic N) is 2. The van der Waals surface area contributed by atoms with Crippen LogP contribution in [0.15, 0.2) is 30.5 Å². The number of morpholine rings is 1. The minimum absolute atomic E-state index is 0.460. The zero-order valence-electron chi connectivity index (χ0n) is 13.1. The summed E-state index contributed by atoms with van der Waals surface area (Å²) in [5.41, 5.74) is 8.64. The molecule has 1 atom stereocenters. The molecule has 2 heterocycles. The van der Waals surface area contributed by atoms with E-state index in [0.29, 0.717) is 25.3 Å². The molecule has 1 aliphatic heterocycles. The lowest BCUT2D eigenvalue weighted by atomic mass is 9.98. The quantitative estimate of drug-likeness (QED) is 0.895. The predicted octanol–water partition coefficient (Wildman–Crippen LogP) is 1.26. The Labute approximate surface area is 136 Å². The molecular formula is C16H21N3O3S. The zero-order valence-corrected chi connectivity index (χ0v) is 13.9. The van der Waals surface area contributed by atoms with Crippen molar-refractivity contribution in [2.45, 2.75) is 11.7 Å². The van der Waals surface area contributed by atoms with Crippen LogP contribution in [0, 0.1) is 0 Å². The van der Waals surface area contributed by atoms with E-state index >= 15 is 0 Å². The summed E-state index contributed by atoms with van der Waals surface area (Å²) in [6.45, 7) is 2.88. The highest BCUT2D eigenvalue weighted by molar-refractivity contribution is 7.91. The van der Waals surface area contributed by atoms with Crippen LogP contribution in [0.3, 0.4) is 0 Å². The van der Waals surface area contributed by atoms with E-state index in [1.165, 1.54) is 6.26 Å². The van der Waals surface area contributed by atoms with Crippen molar-refractivity contribution < 1.29 is 13.2 Å². The largest absolute Gasteiger partial charge is 0.398 e. The van der Waals surface area contributed by atoms with Crippen molar-refractivity contribution in [1.29, 1.82) is 0 Å². The minimum atomic E-state index is -3.08. The fourth-order valence-electron chi connectivity index (χ4n) is 2.88. The highest BCUT2D eigenvalue weighted by Gasteiger charge is 2.23. The third-order valence-corrected chi connectivity index (χ3v) is 5.62. The molecule has 23 heavy (non-hydrogen) atoms. The topological polar surface area (TPSA) is 85.5 Å². The van der Waals surface area contributed by atoms with Gasteiger partial charge in [0.25, 0.3) is 0 Å². The second-order valence-corrected chi connectivity index (χ2v) is 8.09. The first kappa shape index (κ1) is 16.0. The fourth-order valence-corrected chi connectivity index (χ4v) is 3.69. The van der Waals surface area contributed by atoms with Crippen molar-refractivity contribution >= 4 is 26.9 Å². The maximum atomic E-state index is 11.7. The molecule has 1 fully saturated rings. The number of hydrogen-bond acceptors (Lipinski definition) is 6. The first-order valence-electron chi connectivity index (χ1n) is 7.61. The second kappa shape index (κ2) is 6.33. The molecule has 2 N–H and O–H groups in total. The van der Waals surface area contributed by atoms with Crippen LogP contribution in [0.5, 0.6) is 0 Å². The van der Waals surface area contributed by atoms with Gasteiger partial charge < -0.3 is 15.4 Å². The van der Waals surface area contributed by atoms with Crippen molar-refractivity contribution in [2.24, 2.45) is 0 Å². The third-order valence-electron chi connectivity index (χ3n) is 4.17. The van der Waals surface area contributed by atoms with E-state index in [4.69, 9.17) is 10.5 Å². The monoisotopic (exact) mass is 335 g/mol. The number of hydrogen-bond donors (Lipinski definition) is 1. The Morgan fingerprint density at radius 3 is 2.70 bits per heavy atom. The third kappa shape index (κ3) is 3.40. The second-order valence-electron chi connectivity index (χ2n) is 5.82. The van der Waals surface area contributed by atoms with Crippen molar-refractivity contribution in [3.63, 3.8) is 0 Å². The maximum Gasteiger partial charge on any atom is 0.154 e. The average Bonchev–Trinajstić information content (AvgIpc) is 2.55. The van der Waals surface area contributed by atoms with Gasteiger partial charge >= 0.3 is 0 Å². The number of allylic oxidation sites excluding steroid dienone is 3. The molecule has 124 valence electrons. The lowest BCUT2D eigenvalue weighted by Crippen LogP contribution is -2.37. The van der Waals surface area contributed by atoms with Crippen LogP contribution >= 0.6 is 0 Å². The molecule has 0 radical (unpaired) electrons. The molecule has 0 spiro atoms. The summed E-state index contributed by atoms with van der Waals surface area (Å²) in [4.78, 5) is 6.66. The SMILES string of the molecule is CS(=O)(=O)[C@@H]1C=CC(c2c(N)ccnc2N2CCOCC2)=CC1. The Kier molecular flexibility index (Phi) is 4.41. The molecule has 6 nitrogen and oxygen atoms in total. The molecule has 0 saturated carbocycles. The van der Waals surface area contributed by atoms with Gasteiger partial charge in [0.15, 0.2) is 9.84 Å². The molecule has 1 aromatic heterocycles. The normalized spacial score (nSPS) is 22.0. The Bertz CT molecular complexity index is 750. The minimum Gasteiger partial charge on any atom is -0.398 e. The fraction of sp³-hybridized carbons (Fsp3) is 0.438. The number of sulfone groups is 1. The van der Waals surface area contributed by atoms with E-state index in [-0.39, 0.29) is 0 Å². The molecule has 7 heteroatoms. The number of aromatic nitrogens is 1. The smallest absolute Gasteiger partial charge is 0.154 e. The number of nitrogen functional groups attached to an aromatic ring is 1. The van der Waals surface area contributed by atoms with Gasteiger partial charge in [-0.2, -0.15) is 0 Å². The Morgan fingerprint density at radius 2 is 2.09 bits per heavy atom. The van der Waals surface area contributed by atoms with Crippen molar-refractivity contribution in [1.82, 2.24) is 4.98 Å². The maximum absolute atomic E-state index is 11.7. The van der Waals surface area contributed by atoms with E-state index < -0.39 is 15.1 Å². The first-order chi connectivity index (χ1) is 11.0. The number of ether oxygens (including phenoxy) is 1. The van der Waals surface area contributed by atoms with Gasteiger partial charge in [-0.3, -0.25) is 0 Å². The Hall–Kier alpha value is -1.86. The highest BCUT2D eigenvalue weighted by Crippen LogP contribution is 2.34. The van der Waals surface area contributed by atoms with Gasteiger partial charge in [-0.25, -0.2) is 13.4 Å². The molecule has 1 aromatic rings. The number of nitrogens with two attached hydrogens (primary N) is 1. The van der Waals surface area contributed by atoms with E-state index in [9.17, 15) is 8.42 Å². The van der Waals surface area contributed by atoms with Crippen LogP contribution in [0.4, 0.5) is 11.5 Å². The summed E-state index contributed by atoms with van der Waals surface area (Å²) in [7, 11) is -3.08. The lowest BCUT2D eigenvalue weighted by Gasteiger charge is -2.30. The van der Waals surface area contributed by atoms with Crippen LogP contribution < -0.4 is 10.6 Å². The predicted molar refractivity (Wildman–Crippen MR) is 92.0 cm³/mol. The molecule has 0 unspecified atom stereocenters. The number of anilines is 2. The number of rotatable bonds is 3. The average molecular weight is 335 g/mol. The van der Waals surface area contributed by atoms with E-state index in [2.05, 4.69) is 9.88 Å². The molecule has 1 aliphatic carbocycles.